The summed E-state index contributed by atoms with van der Waals surface area (Å²) in [5, 5.41) is 12.8. The Kier molecular flexibility index (Phi) is 4.72. The van der Waals surface area contributed by atoms with Gasteiger partial charge in [-0.05, 0) is 37.5 Å². The van der Waals surface area contributed by atoms with Crippen molar-refractivity contribution in [3.8, 4) is 23.6 Å². The number of carbonyl (C=O) groups is 1. The van der Waals surface area contributed by atoms with Crippen molar-refractivity contribution in [1.82, 2.24) is 14.8 Å². The van der Waals surface area contributed by atoms with Crippen molar-refractivity contribution < 1.29 is 4.79 Å². The summed E-state index contributed by atoms with van der Waals surface area (Å²) in [6, 6.07) is 6.22. The van der Waals surface area contributed by atoms with Crippen LogP contribution >= 0.6 is 11.3 Å². The van der Waals surface area contributed by atoms with Crippen LogP contribution in [0.2, 0.25) is 0 Å². The van der Waals surface area contributed by atoms with E-state index in [9.17, 15) is 4.79 Å². The summed E-state index contributed by atoms with van der Waals surface area (Å²) in [5.74, 6) is 2.28. The van der Waals surface area contributed by atoms with E-state index in [1.807, 2.05) is 18.4 Å². The molecule has 0 spiro atoms. The maximum absolute atomic E-state index is 12.6. The van der Waals surface area contributed by atoms with E-state index in [0.717, 1.165) is 41.2 Å². The second-order valence-corrected chi connectivity index (χ2v) is 7.46. The number of carbonyl (C=O) groups excluding carboxylic acids is 1. The molecular formula is C21H19N5OS. The molecule has 0 saturated carbocycles. The summed E-state index contributed by atoms with van der Waals surface area (Å²) < 4.78 is 1.62. The van der Waals surface area contributed by atoms with E-state index in [2.05, 4.69) is 45.3 Å². The quantitative estimate of drug-likeness (QED) is 0.660. The van der Waals surface area contributed by atoms with Crippen molar-refractivity contribution in [2.45, 2.75) is 26.3 Å². The van der Waals surface area contributed by atoms with Crippen molar-refractivity contribution in [3.63, 3.8) is 0 Å². The molecule has 0 bridgehead atoms. The van der Waals surface area contributed by atoms with Crippen molar-refractivity contribution in [2.24, 2.45) is 0 Å². The molecule has 1 aromatic carbocycles. The number of nitrogens with one attached hydrogen (secondary N) is 2. The van der Waals surface area contributed by atoms with Gasteiger partial charge in [0.2, 0.25) is 0 Å². The van der Waals surface area contributed by atoms with E-state index in [0.29, 0.717) is 17.2 Å². The number of aryl methyl sites for hydroxylation is 1. The molecule has 3 heterocycles. The van der Waals surface area contributed by atoms with Crippen LogP contribution in [0.1, 0.15) is 28.0 Å². The van der Waals surface area contributed by atoms with Gasteiger partial charge < -0.3 is 5.32 Å². The first kappa shape index (κ1) is 18.0. The predicted octanol–water partition coefficient (Wildman–Crippen LogP) is 4.07. The number of hydrogen-bond acceptors (Lipinski definition) is 5. The molecule has 2 N–H and O–H groups in total. The lowest BCUT2D eigenvalue weighted by atomic mass is 9.98. The number of thiazole rings is 1. The standard InChI is InChI=1S/C21H19N5OS/c1-4-9-26-14(3)17(11-22-26)20(27)25-21-24-19(12-28-21)16-7-8-18-15(10-16)6-5-13(2)23-18/h1,7-8,10-12,23H,2,5-6,9H2,3H3,(H,24,25,27). The number of rotatable bonds is 4. The third kappa shape index (κ3) is 3.42. The summed E-state index contributed by atoms with van der Waals surface area (Å²) in [6.45, 7) is 6.15. The Hall–Kier alpha value is -3.37. The Labute approximate surface area is 167 Å². The van der Waals surface area contributed by atoms with Crippen molar-refractivity contribution in [2.75, 3.05) is 10.6 Å². The molecule has 0 radical (unpaired) electrons. The van der Waals surface area contributed by atoms with Crippen molar-refractivity contribution in [1.29, 1.82) is 0 Å². The van der Waals surface area contributed by atoms with Gasteiger partial charge in [0.15, 0.2) is 5.13 Å². The minimum Gasteiger partial charge on any atom is -0.359 e. The first-order valence-electron chi connectivity index (χ1n) is 8.86. The van der Waals surface area contributed by atoms with Gasteiger partial charge in [0.25, 0.3) is 5.91 Å². The third-order valence-corrected chi connectivity index (χ3v) is 5.48. The molecule has 0 unspecified atom stereocenters. The molecule has 0 atom stereocenters. The van der Waals surface area contributed by atoms with Crippen LogP contribution in [0.5, 0.6) is 0 Å². The summed E-state index contributed by atoms with van der Waals surface area (Å²) in [4.78, 5) is 17.1. The lowest BCUT2D eigenvalue weighted by Gasteiger charge is -2.20. The van der Waals surface area contributed by atoms with E-state index >= 15 is 0 Å². The molecule has 0 fully saturated rings. The normalized spacial score (nSPS) is 12.8. The summed E-state index contributed by atoms with van der Waals surface area (Å²) >= 11 is 1.40. The maximum Gasteiger partial charge on any atom is 0.260 e. The molecule has 0 saturated heterocycles. The SMILES string of the molecule is C#CCn1ncc(C(=O)Nc2nc(-c3ccc4c(c3)CCC(=C)N4)cs2)c1C. The average Bonchev–Trinajstić information content (AvgIpc) is 3.29. The third-order valence-electron chi connectivity index (χ3n) is 4.72. The fourth-order valence-electron chi connectivity index (χ4n) is 3.16. The van der Waals surface area contributed by atoms with Crippen molar-refractivity contribution in [3.05, 3.63) is 58.9 Å². The van der Waals surface area contributed by atoms with Crippen LogP contribution in [0.4, 0.5) is 10.8 Å². The van der Waals surface area contributed by atoms with Gasteiger partial charge in [-0.25, -0.2) is 4.98 Å². The minimum atomic E-state index is -0.241. The lowest BCUT2D eigenvalue weighted by Crippen LogP contribution is -2.13. The van der Waals surface area contributed by atoms with Gasteiger partial charge in [-0.2, -0.15) is 5.10 Å². The summed E-state index contributed by atoms with van der Waals surface area (Å²) in [5.41, 5.74) is 6.49. The highest BCUT2D eigenvalue weighted by Gasteiger charge is 2.17. The van der Waals surface area contributed by atoms with Crippen LogP contribution in [-0.2, 0) is 13.0 Å². The Bertz CT molecular complexity index is 1120. The Morgan fingerprint density at radius 2 is 2.32 bits per heavy atom. The van der Waals surface area contributed by atoms with E-state index in [-0.39, 0.29) is 5.91 Å². The van der Waals surface area contributed by atoms with Gasteiger partial charge in [-0.15, -0.1) is 17.8 Å². The first-order chi connectivity index (χ1) is 13.5. The summed E-state index contributed by atoms with van der Waals surface area (Å²) in [6.07, 6.45) is 8.74. The number of terminal acetylenes is 1. The zero-order valence-corrected chi connectivity index (χ0v) is 16.3. The molecule has 4 rings (SSSR count). The number of fused-ring (bicyclic) bond motifs is 1. The van der Waals surface area contributed by atoms with E-state index in [1.165, 1.54) is 23.1 Å². The smallest absolute Gasteiger partial charge is 0.260 e. The molecule has 28 heavy (non-hydrogen) atoms. The lowest BCUT2D eigenvalue weighted by molar-refractivity contribution is 0.102. The number of benzene rings is 1. The molecule has 0 aliphatic carbocycles. The van der Waals surface area contributed by atoms with Gasteiger partial charge in [-0.1, -0.05) is 18.6 Å². The molecule has 3 aromatic rings. The number of aromatic nitrogens is 3. The topological polar surface area (TPSA) is 71.8 Å². The first-order valence-corrected chi connectivity index (χ1v) is 9.74. The van der Waals surface area contributed by atoms with Crippen LogP contribution in [0, 0.1) is 19.3 Å². The Morgan fingerprint density at radius 3 is 3.14 bits per heavy atom. The van der Waals surface area contributed by atoms with Crippen LogP contribution in [0.3, 0.4) is 0 Å². The zero-order valence-electron chi connectivity index (χ0n) is 15.5. The molecule has 7 heteroatoms. The zero-order chi connectivity index (χ0) is 19.7. The molecular weight excluding hydrogens is 370 g/mol. The molecule has 140 valence electrons. The van der Waals surface area contributed by atoms with Gasteiger partial charge in [-0.3, -0.25) is 14.8 Å². The largest absolute Gasteiger partial charge is 0.359 e. The van der Waals surface area contributed by atoms with E-state index in [1.54, 1.807) is 4.68 Å². The van der Waals surface area contributed by atoms with Crippen LogP contribution in [0.25, 0.3) is 11.3 Å². The van der Waals surface area contributed by atoms with Crippen molar-refractivity contribution >= 4 is 28.1 Å². The average molecular weight is 389 g/mol. The highest BCUT2D eigenvalue weighted by Crippen LogP contribution is 2.32. The molecule has 2 aromatic heterocycles. The number of amides is 1. The monoisotopic (exact) mass is 389 g/mol. The second-order valence-electron chi connectivity index (χ2n) is 6.60. The van der Waals surface area contributed by atoms with Crippen LogP contribution in [-0.4, -0.2) is 20.7 Å². The number of nitrogens with zero attached hydrogens (tertiary/aromatic N) is 3. The molecule has 1 aliphatic rings. The summed E-state index contributed by atoms with van der Waals surface area (Å²) in [7, 11) is 0. The molecule has 6 nitrogen and oxygen atoms in total. The Morgan fingerprint density at radius 1 is 1.46 bits per heavy atom. The number of allylic oxidation sites excluding steroid dienone is 1. The predicted molar refractivity (Wildman–Crippen MR) is 112 cm³/mol. The maximum atomic E-state index is 12.6. The fourth-order valence-corrected chi connectivity index (χ4v) is 3.88. The van der Waals surface area contributed by atoms with Gasteiger partial charge in [0.05, 0.1) is 17.5 Å². The van der Waals surface area contributed by atoms with Gasteiger partial charge in [0, 0.05) is 28.0 Å². The fraction of sp³-hybridized carbons (Fsp3) is 0.190. The van der Waals surface area contributed by atoms with Crippen LogP contribution < -0.4 is 10.6 Å². The molecule has 1 amide bonds. The van der Waals surface area contributed by atoms with E-state index in [4.69, 9.17) is 6.42 Å². The number of anilines is 2. The van der Waals surface area contributed by atoms with Gasteiger partial charge >= 0.3 is 0 Å². The molecule has 1 aliphatic heterocycles. The highest BCUT2D eigenvalue weighted by atomic mass is 32.1. The second kappa shape index (κ2) is 7.33. The minimum absolute atomic E-state index is 0.241. The number of hydrogen-bond donors (Lipinski definition) is 2. The van der Waals surface area contributed by atoms with Gasteiger partial charge in [0.1, 0.15) is 6.54 Å². The van der Waals surface area contributed by atoms with Crippen LogP contribution in [0.15, 0.2) is 42.1 Å². The Balaban J connectivity index is 1.51. The van der Waals surface area contributed by atoms with E-state index < -0.39 is 0 Å². The highest BCUT2D eigenvalue weighted by molar-refractivity contribution is 7.14.